The summed E-state index contributed by atoms with van der Waals surface area (Å²) in [6.45, 7) is 6.73. The Labute approximate surface area is 176 Å². The molecule has 3 aliphatic heterocycles. The van der Waals surface area contributed by atoms with Crippen LogP contribution in [-0.4, -0.2) is 70.1 Å². The average molecular weight is 412 g/mol. The van der Waals surface area contributed by atoms with E-state index in [0.717, 1.165) is 63.6 Å². The van der Waals surface area contributed by atoms with Gasteiger partial charge in [0.05, 0.1) is 6.20 Å². The number of nitrogens with zero attached hydrogens (tertiary/aromatic N) is 5. The zero-order valence-electron chi connectivity index (χ0n) is 17.3. The van der Waals surface area contributed by atoms with Gasteiger partial charge in [0.2, 0.25) is 0 Å². The fraction of sp³-hybridized carbons (Fsp3) is 0.591. The van der Waals surface area contributed by atoms with E-state index >= 15 is 0 Å². The predicted octanol–water partition coefficient (Wildman–Crippen LogP) is 2.20. The van der Waals surface area contributed by atoms with Crippen molar-refractivity contribution in [3.8, 4) is 11.5 Å². The molecule has 1 unspecified atom stereocenters. The van der Waals surface area contributed by atoms with Crippen LogP contribution in [0.2, 0.25) is 0 Å². The molecule has 4 heterocycles. The van der Waals surface area contributed by atoms with Crippen LogP contribution in [0.5, 0.6) is 11.5 Å². The molecule has 1 aromatic heterocycles. The maximum Gasteiger partial charge on any atom is 0.276 e. The van der Waals surface area contributed by atoms with E-state index in [4.69, 9.17) is 9.47 Å². The second-order valence-electron chi connectivity index (χ2n) is 8.55. The van der Waals surface area contributed by atoms with E-state index in [1.54, 1.807) is 0 Å². The van der Waals surface area contributed by atoms with E-state index < -0.39 is 0 Å². The molecule has 160 valence electrons. The Morgan fingerprint density at radius 3 is 2.77 bits per heavy atom. The highest BCUT2D eigenvalue weighted by Crippen LogP contribution is 2.31. The minimum absolute atomic E-state index is 0.0163. The molecule has 2 fully saturated rings. The van der Waals surface area contributed by atoms with Crippen LogP contribution in [0.1, 0.15) is 41.7 Å². The Bertz CT molecular complexity index is 893. The monoisotopic (exact) mass is 411 g/mol. The van der Waals surface area contributed by atoms with E-state index in [-0.39, 0.29) is 5.91 Å². The van der Waals surface area contributed by atoms with Gasteiger partial charge in [0.15, 0.2) is 17.2 Å². The molecule has 0 radical (unpaired) electrons. The predicted molar refractivity (Wildman–Crippen MR) is 111 cm³/mol. The van der Waals surface area contributed by atoms with Crippen LogP contribution >= 0.6 is 0 Å². The average Bonchev–Trinajstić information content (AvgIpc) is 3.46. The number of piperidine rings is 1. The summed E-state index contributed by atoms with van der Waals surface area (Å²) in [4.78, 5) is 16.9. The Morgan fingerprint density at radius 1 is 1.07 bits per heavy atom. The molecule has 5 rings (SSSR count). The van der Waals surface area contributed by atoms with Crippen molar-refractivity contribution in [2.75, 3.05) is 39.4 Å². The van der Waals surface area contributed by atoms with Crippen LogP contribution in [0.4, 0.5) is 0 Å². The van der Waals surface area contributed by atoms with E-state index in [9.17, 15) is 4.79 Å². The zero-order valence-corrected chi connectivity index (χ0v) is 17.3. The smallest absolute Gasteiger partial charge is 0.276 e. The fourth-order valence-electron chi connectivity index (χ4n) is 4.72. The van der Waals surface area contributed by atoms with E-state index in [0.29, 0.717) is 24.8 Å². The number of hydrogen-bond donors (Lipinski definition) is 0. The van der Waals surface area contributed by atoms with E-state index in [1.807, 2.05) is 21.8 Å². The lowest BCUT2D eigenvalue weighted by Gasteiger charge is -2.32. The van der Waals surface area contributed by atoms with Gasteiger partial charge in [-0.25, -0.2) is 0 Å². The molecular formula is C22H29N5O3. The molecule has 0 N–H and O–H groups in total. The van der Waals surface area contributed by atoms with Crippen molar-refractivity contribution in [1.82, 2.24) is 24.8 Å². The van der Waals surface area contributed by atoms with Crippen molar-refractivity contribution in [1.29, 1.82) is 0 Å². The fourth-order valence-corrected chi connectivity index (χ4v) is 4.72. The molecule has 0 bridgehead atoms. The summed E-state index contributed by atoms with van der Waals surface area (Å²) in [6, 6.07) is 6.25. The Morgan fingerprint density at radius 2 is 1.90 bits per heavy atom. The van der Waals surface area contributed by atoms with Crippen LogP contribution in [0.3, 0.4) is 0 Å². The first-order chi connectivity index (χ1) is 14.7. The lowest BCUT2D eigenvalue weighted by Crippen LogP contribution is -2.36. The molecule has 1 atom stereocenters. The molecule has 8 nitrogen and oxygen atoms in total. The molecule has 3 aliphatic rings. The molecule has 1 amide bonds. The number of benzene rings is 1. The standard InChI is InChI=1S/C22H29N5O3/c28-22(26-8-1-2-9-26)19-16-27(24-23-19)15-18-4-3-7-25(14-18)13-17-5-6-20-21(12-17)30-11-10-29-20/h5-6,12,16,18H,1-4,7-11,13-15H2. The van der Waals surface area contributed by atoms with Gasteiger partial charge in [0.1, 0.15) is 13.2 Å². The zero-order chi connectivity index (χ0) is 20.3. The van der Waals surface area contributed by atoms with Gasteiger partial charge in [-0.05, 0) is 55.8 Å². The highest BCUT2D eigenvalue weighted by molar-refractivity contribution is 5.92. The number of fused-ring (bicyclic) bond motifs is 1. The highest BCUT2D eigenvalue weighted by Gasteiger charge is 2.24. The van der Waals surface area contributed by atoms with Crippen LogP contribution in [0.15, 0.2) is 24.4 Å². The number of likely N-dealkylation sites (tertiary alicyclic amines) is 2. The van der Waals surface area contributed by atoms with Gasteiger partial charge < -0.3 is 14.4 Å². The van der Waals surface area contributed by atoms with Crippen LogP contribution in [0.25, 0.3) is 0 Å². The van der Waals surface area contributed by atoms with Crippen molar-refractivity contribution in [2.45, 2.75) is 38.8 Å². The lowest BCUT2D eigenvalue weighted by molar-refractivity contribution is 0.0787. The molecule has 2 aromatic rings. The van der Waals surface area contributed by atoms with E-state index in [2.05, 4.69) is 27.3 Å². The quantitative estimate of drug-likeness (QED) is 0.751. The number of rotatable bonds is 5. The van der Waals surface area contributed by atoms with Gasteiger partial charge in [0.25, 0.3) is 5.91 Å². The second kappa shape index (κ2) is 8.63. The van der Waals surface area contributed by atoms with Crippen LogP contribution < -0.4 is 9.47 Å². The highest BCUT2D eigenvalue weighted by atomic mass is 16.6. The molecule has 1 aromatic carbocycles. The Kier molecular flexibility index (Phi) is 5.57. The van der Waals surface area contributed by atoms with Crippen molar-refractivity contribution in [3.05, 3.63) is 35.7 Å². The molecule has 0 saturated carbocycles. The summed E-state index contributed by atoms with van der Waals surface area (Å²) in [5.41, 5.74) is 1.72. The third-order valence-corrected chi connectivity index (χ3v) is 6.21. The molecule has 30 heavy (non-hydrogen) atoms. The summed E-state index contributed by atoms with van der Waals surface area (Å²) in [6.07, 6.45) is 6.33. The van der Waals surface area contributed by atoms with Crippen LogP contribution in [-0.2, 0) is 13.1 Å². The topological polar surface area (TPSA) is 72.7 Å². The summed E-state index contributed by atoms with van der Waals surface area (Å²) in [5.74, 6) is 2.21. The number of aromatic nitrogens is 3. The number of hydrogen-bond acceptors (Lipinski definition) is 6. The first kappa shape index (κ1) is 19.4. The third-order valence-electron chi connectivity index (χ3n) is 6.21. The van der Waals surface area contributed by atoms with Crippen LogP contribution in [0, 0.1) is 5.92 Å². The molecule has 0 spiro atoms. The Hall–Kier alpha value is -2.61. The number of carbonyl (C=O) groups is 1. The molecule has 2 saturated heterocycles. The number of amides is 1. The summed E-state index contributed by atoms with van der Waals surface area (Å²) >= 11 is 0. The van der Waals surface area contributed by atoms with Crippen molar-refractivity contribution in [2.24, 2.45) is 5.92 Å². The van der Waals surface area contributed by atoms with Gasteiger partial charge in [-0.1, -0.05) is 11.3 Å². The summed E-state index contributed by atoms with van der Waals surface area (Å²) in [7, 11) is 0. The number of carbonyl (C=O) groups excluding carboxylic acids is 1. The van der Waals surface area contributed by atoms with E-state index in [1.165, 1.54) is 18.4 Å². The molecule has 8 heteroatoms. The van der Waals surface area contributed by atoms with Crippen molar-refractivity contribution in [3.63, 3.8) is 0 Å². The lowest BCUT2D eigenvalue weighted by atomic mass is 9.97. The summed E-state index contributed by atoms with van der Waals surface area (Å²) < 4.78 is 13.2. The molecular weight excluding hydrogens is 382 g/mol. The SMILES string of the molecule is O=C(c1cn(CC2CCCN(Cc3ccc4c(c3)OCCO4)C2)nn1)N1CCCC1. The minimum atomic E-state index is 0.0163. The summed E-state index contributed by atoms with van der Waals surface area (Å²) in [5, 5.41) is 8.37. The van der Waals surface area contributed by atoms with Gasteiger partial charge in [-0.15, -0.1) is 5.10 Å². The first-order valence-corrected chi connectivity index (χ1v) is 11.0. The van der Waals surface area contributed by atoms with Crippen molar-refractivity contribution < 1.29 is 14.3 Å². The minimum Gasteiger partial charge on any atom is -0.486 e. The Balaban J connectivity index is 1.17. The maximum atomic E-state index is 12.5. The third kappa shape index (κ3) is 4.28. The van der Waals surface area contributed by atoms with Gasteiger partial charge in [0, 0.05) is 32.7 Å². The maximum absolute atomic E-state index is 12.5. The first-order valence-electron chi connectivity index (χ1n) is 11.0. The molecule has 0 aliphatic carbocycles. The van der Waals surface area contributed by atoms with Gasteiger partial charge in [-0.3, -0.25) is 14.4 Å². The normalized spacial score (nSPS) is 21.7. The van der Waals surface area contributed by atoms with Crippen molar-refractivity contribution >= 4 is 5.91 Å². The second-order valence-corrected chi connectivity index (χ2v) is 8.55. The number of ether oxygens (including phenoxy) is 2. The van der Waals surface area contributed by atoms with Gasteiger partial charge in [-0.2, -0.15) is 0 Å². The van der Waals surface area contributed by atoms with Gasteiger partial charge >= 0.3 is 0 Å². The largest absolute Gasteiger partial charge is 0.486 e.